The molecule has 0 aliphatic rings. The first-order valence-corrected chi connectivity index (χ1v) is 45.2. The Bertz CT molecular complexity index is 2250. The number of phosphoric ester groups is 2. The maximum Gasteiger partial charge on any atom is 0.472 e. The van der Waals surface area contributed by atoms with E-state index in [0.29, 0.717) is 25.7 Å². The summed E-state index contributed by atoms with van der Waals surface area (Å²) in [7, 11) is -9.96. The number of aliphatic hydroxyl groups excluding tert-OH is 1. The van der Waals surface area contributed by atoms with Gasteiger partial charge in [-0.15, -0.1) is 0 Å². The standard InChI is InChI=1S/C85H154O17P2/c1-5-9-13-17-21-25-29-33-37-38-39-40-44-48-52-56-60-64-68-72-85(90)102-81(76-96-83(88)70-66-62-58-54-50-46-42-35-31-27-23-19-15-11-7-3)78-100-104(93,94)98-74-79(86)73-97-103(91,92)99-77-80(101-84(89)71-67-63-59-55-51-47-43-36-32-28-24-20-16-12-8-4)75-95-82(87)69-65-61-57-53-49-45-41-34-30-26-22-18-14-10-6-2/h9,13,21,25,33-34,37,39-41,48,52,79-81,86H,5-8,10-12,14-20,22-24,26-32,35-36,38,42-47,49-51,53-78H2,1-4H3,(H,91,92)(H,93,94)/b13-9-,25-21-,37-33-,40-39-,41-34-,52-48-/t79-,80-,81-/m1/s1. The van der Waals surface area contributed by atoms with Gasteiger partial charge < -0.3 is 33.8 Å². The van der Waals surface area contributed by atoms with Crippen LogP contribution in [0.5, 0.6) is 0 Å². The van der Waals surface area contributed by atoms with Gasteiger partial charge in [0.2, 0.25) is 0 Å². The van der Waals surface area contributed by atoms with Crippen molar-refractivity contribution in [3.8, 4) is 0 Å². The van der Waals surface area contributed by atoms with Gasteiger partial charge in [0.05, 0.1) is 26.4 Å². The van der Waals surface area contributed by atoms with Crippen molar-refractivity contribution in [2.45, 2.75) is 406 Å². The minimum Gasteiger partial charge on any atom is -0.462 e. The lowest BCUT2D eigenvalue weighted by atomic mass is 10.0. The summed E-state index contributed by atoms with van der Waals surface area (Å²) < 4.78 is 68.7. The third-order valence-electron chi connectivity index (χ3n) is 18.2. The number of unbranched alkanes of at least 4 members (excludes halogenated alkanes) is 42. The van der Waals surface area contributed by atoms with Crippen LogP contribution in [-0.2, 0) is 65.4 Å². The fraction of sp³-hybridized carbons (Fsp3) is 0.812. The second-order valence-electron chi connectivity index (χ2n) is 28.4. The number of rotatable bonds is 80. The smallest absolute Gasteiger partial charge is 0.462 e. The highest BCUT2D eigenvalue weighted by atomic mass is 31.2. The van der Waals surface area contributed by atoms with Crippen LogP contribution in [0.15, 0.2) is 72.9 Å². The second-order valence-corrected chi connectivity index (χ2v) is 31.3. The molecular formula is C85H154O17P2. The Kier molecular flexibility index (Phi) is 75.0. The van der Waals surface area contributed by atoms with Crippen molar-refractivity contribution in [2.24, 2.45) is 0 Å². The van der Waals surface area contributed by atoms with Crippen LogP contribution < -0.4 is 0 Å². The molecule has 0 aliphatic carbocycles. The first-order chi connectivity index (χ1) is 50.7. The van der Waals surface area contributed by atoms with E-state index < -0.39 is 97.5 Å². The van der Waals surface area contributed by atoms with Crippen LogP contribution in [0.2, 0.25) is 0 Å². The number of phosphoric acid groups is 2. The average molecular weight is 1510 g/mol. The van der Waals surface area contributed by atoms with Crippen molar-refractivity contribution >= 4 is 39.5 Å². The van der Waals surface area contributed by atoms with Crippen molar-refractivity contribution in [2.75, 3.05) is 39.6 Å². The average Bonchev–Trinajstić information content (AvgIpc) is 0.943. The Morgan fingerprint density at radius 1 is 0.279 bits per heavy atom. The van der Waals surface area contributed by atoms with Gasteiger partial charge in [-0.05, 0) is 96.3 Å². The molecule has 0 aliphatic heterocycles. The predicted octanol–water partition coefficient (Wildman–Crippen LogP) is 24.8. The Hall–Kier alpha value is -3.50. The van der Waals surface area contributed by atoms with E-state index in [1.807, 2.05) is 0 Å². The van der Waals surface area contributed by atoms with Crippen LogP contribution in [0.25, 0.3) is 0 Å². The quantitative estimate of drug-likeness (QED) is 0.0169. The first kappa shape index (κ1) is 100. The molecule has 0 aromatic heterocycles. The summed E-state index contributed by atoms with van der Waals surface area (Å²) in [6.07, 6.45) is 80.1. The molecule has 3 N–H and O–H groups in total. The van der Waals surface area contributed by atoms with Gasteiger partial charge in [-0.2, -0.15) is 0 Å². The molecule has 0 spiro atoms. The second kappa shape index (κ2) is 77.7. The topological polar surface area (TPSA) is 237 Å². The summed E-state index contributed by atoms with van der Waals surface area (Å²) in [6, 6.07) is 0. The van der Waals surface area contributed by atoms with E-state index in [4.69, 9.17) is 37.0 Å². The first-order valence-electron chi connectivity index (χ1n) is 42.2. The summed E-state index contributed by atoms with van der Waals surface area (Å²) in [5.74, 6) is -2.18. The zero-order chi connectivity index (χ0) is 76.0. The van der Waals surface area contributed by atoms with E-state index in [1.165, 1.54) is 173 Å². The molecule has 0 aromatic rings. The fourth-order valence-corrected chi connectivity index (χ4v) is 13.4. The Labute approximate surface area is 634 Å². The predicted molar refractivity (Wildman–Crippen MR) is 427 cm³/mol. The molecule has 0 heterocycles. The molecule has 5 atom stereocenters. The van der Waals surface area contributed by atoms with Crippen molar-refractivity contribution < 1.29 is 80.2 Å². The van der Waals surface area contributed by atoms with E-state index in [9.17, 15) is 43.2 Å². The lowest BCUT2D eigenvalue weighted by molar-refractivity contribution is -0.161. The molecule has 0 rings (SSSR count). The highest BCUT2D eigenvalue weighted by Crippen LogP contribution is 2.45. The van der Waals surface area contributed by atoms with Crippen molar-refractivity contribution in [1.29, 1.82) is 0 Å². The van der Waals surface area contributed by atoms with Gasteiger partial charge >= 0.3 is 39.5 Å². The number of allylic oxidation sites excluding steroid dienone is 12. The zero-order valence-corrected chi connectivity index (χ0v) is 68.2. The summed E-state index contributed by atoms with van der Waals surface area (Å²) in [4.78, 5) is 73.1. The molecule has 104 heavy (non-hydrogen) atoms. The molecular weight excluding hydrogens is 1350 g/mol. The summed E-state index contributed by atoms with van der Waals surface area (Å²) in [5.41, 5.74) is 0. The highest BCUT2D eigenvalue weighted by molar-refractivity contribution is 7.47. The molecule has 19 heteroatoms. The van der Waals surface area contributed by atoms with Gasteiger partial charge in [0.15, 0.2) is 12.2 Å². The molecule has 0 bridgehead atoms. The number of esters is 4. The van der Waals surface area contributed by atoms with Crippen molar-refractivity contribution in [3.05, 3.63) is 72.9 Å². The van der Waals surface area contributed by atoms with Gasteiger partial charge in [0.1, 0.15) is 19.3 Å². The number of hydrogen-bond donors (Lipinski definition) is 3. The Morgan fingerprint density at radius 2 is 0.500 bits per heavy atom. The van der Waals surface area contributed by atoms with Crippen LogP contribution >= 0.6 is 15.6 Å². The van der Waals surface area contributed by atoms with Crippen LogP contribution in [0, 0.1) is 0 Å². The molecule has 0 saturated carbocycles. The van der Waals surface area contributed by atoms with Gasteiger partial charge in [-0.3, -0.25) is 37.3 Å². The third-order valence-corrected chi connectivity index (χ3v) is 20.1. The van der Waals surface area contributed by atoms with Gasteiger partial charge in [-0.25, -0.2) is 9.13 Å². The minimum atomic E-state index is -4.98. The molecule has 0 fully saturated rings. The van der Waals surface area contributed by atoms with Crippen LogP contribution in [0.3, 0.4) is 0 Å². The van der Waals surface area contributed by atoms with Crippen molar-refractivity contribution in [3.63, 3.8) is 0 Å². The molecule has 2 unspecified atom stereocenters. The Morgan fingerprint density at radius 3 is 0.788 bits per heavy atom. The normalized spacial score (nSPS) is 14.2. The number of carbonyl (C=O) groups is 4. The SMILES string of the molecule is CC/C=C\C/C=C\C/C=C\C/C=C\C/C=C\CCCCCC(=O)O[C@H](COC(=O)CCCCCCCCCCCCCCCCC)COP(=O)(O)OC[C@H](O)COP(=O)(O)OC[C@@H](COC(=O)CCCCCCC/C=C\CCCCCCCC)OC(=O)CCCCCCCCCCCCCCCCC. The summed E-state index contributed by atoms with van der Waals surface area (Å²) in [5, 5.41) is 10.7. The highest BCUT2D eigenvalue weighted by Gasteiger charge is 2.30. The zero-order valence-electron chi connectivity index (χ0n) is 66.5. The third kappa shape index (κ3) is 76.7. The fourth-order valence-electron chi connectivity index (χ4n) is 11.8. The van der Waals surface area contributed by atoms with Crippen molar-refractivity contribution in [1.82, 2.24) is 0 Å². The molecule has 0 radical (unpaired) electrons. The maximum absolute atomic E-state index is 13.1. The molecule has 0 aromatic carbocycles. The number of carbonyl (C=O) groups excluding carboxylic acids is 4. The lowest BCUT2D eigenvalue weighted by Crippen LogP contribution is -2.30. The van der Waals surface area contributed by atoms with E-state index in [-0.39, 0.29) is 25.7 Å². The van der Waals surface area contributed by atoms with Crippen LogP contribution in [-0.4, -0.2) is 96.7 Å². The lowest BCUT2D eigenvalue weighted by Gasteiger charge is -2.21. The van der Waals surface area contributed by atoms with Gasteiger partial charge in [0, 0.05) is 25.7 Å². The molecule has 606 valence electrons. The van der Waals surface area contributed by atoms with E-state index in [1.54, 1.807) is 0 Å². The number of aliphatic hydroxyl groups is 1. The van der Waals surface area contributed by atoms with Gasteiger partial charge in [0.25, 0.3) is 0 Å². The maximum atomic E-state index is 13.1. The number of hydrogen-bond acceptors (Lipinski definition) is 15. The number of ether oxygens (including phenoxy) is 4. The molecule has 17 nitrogen and oxygen atoms in total. The van der Waals surface area contributed by atoms with E-state index >= 15 is 0 Å². The molecule has 0 amide bonds. The largest absolute Gasteiger partial charge is 0.472 e. The van der Waals surface area contributed by atoms with E-state index in [0.717, 1.165) is 135 Å². The van der Waals surface area contributed by atoms with Crippen LogP contribution in [0.4, 0.5) is 0 Å². The minimum absolute atomic E-state index is 0.0598. The Balaban J connectivity index is 5.37. The summed E-state index contributed by atoms with van der Waals surface area (Å²) in [6.45, 7) is 4.81. The summed E-state index contributed by atoms with van der Waals surface area (Å²) >= 11 is 0. The van der Waals surface area contributed by atoms with E-state index in [2.05, 4.69) is 101 Å². The molecule has 0 saturated heterocycles. The monoisotopic (exact) mass is 1510 g/mol. The van der Waals surface area contributed by atoms with Crippen LogP contribution in [0.1, 0.15) is 387 Å². The van der Waals surface area contributed by atoms with Gasteiger partial charge in [-0.1, -0.05) is 338 Å².